The van der Waals surface area contributed by atoms with Crippen molar-refractivity contribution in [3.8, 4) is 0 Å². The highest BCUT2D eigenvalue weighted by atomic mass is 16.6. The average Bonchev–Trinajstić information content (AvgIpc) is 2.91. The second-order valence-electron chi connectivity index (χ2n) is 9.08. The van der Waals surface area contributed by atoms with Crippen molar-refractivity contribution in [1.29, 1.82) is 0 Å². The fourth-order valence-electron chi connectivity index (χ4n) is 3.43. The van der Waals surface area contributed by atoms with E-state index >= 15 is 0 Å². The Morgan fingerprint density at radius 2 is 0.405 bits per heavy atom. The monoisotopic (exact) mass is 536 g/mol. The highest BCUT2D eigenvalue weighted by Crippen LogP contribution is 2.08. The molecule has 0 saturated carbocycles. The number of hydrogen-bond acceptors (Lipinski definition) is 8. The molecule has 0 aliphatic rings. The zero-order valence-electron chi connectivity index (χ0n) is 24.4. The van der Waals surface area contributed by atoms with Gasteiger partial charge in [-0.15, -0.1) is 0 Å². The number of hydrogen-bond donors (Lipinski definition) is 0. The molecule has 0 aliphatic carbocycles. The predicted molar refractivity (Wildman–Crippen MR) is 149 cm³/mol. The van der Waals surface area contributed by atoms with Crippen molar-refractivity contribution in [1.82, 2.24) is 0 Å². The predicted octanol–water partition coefficient (Wildman–Crippen LogP) is 5.45. The van der Waals surface area contributed by atoms with Crippen molar-refractivity contribution in [3.05, 3.63) is 0 Å². The van der Waals surface area contributed by atoms with E-state index in [1.807, 2.05) is 0 Å². The molecule has 0 heterocycles. The summed E-state index contributed by atoms with van der Waals surface area (Å²) in [5.74, 6) is 0. The molecule has 0 aromatic heterocycles. The van der Waals surface area contributed by atoms with Crippen molar-refractivity contribution >= 4 is 0 Å². The molecule has 0 aromatic rings. The van der Waals surface area contributed by atoms with Gasteiger partial charge in [0.15, 0.2) is 0 Å². The van der Waals surface area contributed by atoms with Crippen LogP contribution >= 0.6 is 0 Å². The molecule has 0 saturated heterocycles. The second kappa shape index (κ2) is 35.7. The number of ether oxygens (including phenoxy) is 8. The summed E-state index contributed by atoms with van der Waals surface area (Å²) in [5, 5.41) is 0. The van der Waals surface area contributed by atoms with Gasteiger partial charge in [0.1, 0.15) is 0 Å². The molecule has 0 fully saturated rings. The minimum absolute atomic E-state index is 0.553. The lowest BCUT2D eigenvalue weighted by molar-refractivity contribution is -0.0232. The molecule has 8 nitrogen and oxygen atoms in total. The largest absolute Gasteiger partial charge is 0.379 e. The van der Waals surface area contributed by atoms with E-state index in [1.54, 1.807) is 0 Å². The van der Waals surface area contributed by atoms with E-state index in [0.717, 1.165) is 26.1 Å². The number of rotatable bonds is 34. The van der Waals surface area contributed by atoms with E-state index in [9.17, 15) is 0 Å². The van der Waals surface area contributed by atoms with Gasteiger partial charge in [-0.05, 0) is 12.8 Å². The molecule has 224 valence electrons. The Hall–Kier alpha value is -0.320. The standard InChI is InChI=1S/C29H60O8/c1-3-5-7-8-9-10-11-13-15-31-17-19-33-21-23-35-25-27-37-29-28-36-26-24-34-22-20-32-18-16-30-14-12-6-4-2/h3-29H2,1-2H3. The van der Waals surface area contributed by atoms with Crippen LogP contribution in [0.1, 0.15) is 84.5 Å². The van der Waals surface area contributed by atoms with E-state index < -0.39 is 0 Å². The Kier molecular flexibility index (Phi) is 35.4. The molecule has 0 atom stereocenters. The molecule has 0 N–H and O–H groups in total. The van der Waals surface area contributed by atoms with Gasteiger partial charge in [-0.25, -0.2) is 0 Å². The van der Waals surface area contributed by atoms with E-state index in [1.165, 1.54) is 57.8 Å². The SMILES string of the molecule is CCCCCCCCCCOCCOCCOCCOCCOCCOCCOCCOCCCCC. The van der Waals surface area contributed by atoms with Crippen LogP contribution < -0.4 is 0 Å². The molecular formula is C29H60O8. The van der Waals surface area contributed by atoms with Gasteiger partial charge in [-0.1, -0.05) is 71.6 Å². The topological polar surface area (TPSA) is 73.8 Å². The normalized spacial score (nSPS) is 11.5. The van der Waals surface area contributed by atoms with Crippen LogP contribution in [0.15, 0.2) is 0 Å². The van der Waals surface area contributed by atoms with Gasteiger partial charge in [-0.2, -0.15) is 0 Å². The van der Waals surface area contributed by atoms with Gasteiger partial charge in [-0.3, -0.25) is 0 Å². The summed E-state index contributed by atoms with van der Waals surface area (Å²) in [5.41, 5.74) is 0. The minimum atomic E-state index is 0.553. The van der Waals surface area contributed by atoms with Crippen LogP contribution in [0, 0.1) is 0 Å². The number of unbranched alkanes of at least 4 members (excludes halogenated alkanes) is 9. The summed E-state index contributed by atoms with van der Waals surface area (Å²) in [6, 6.07) is 0. The summed E-state index contributed by atoms with van der Waals surface area (Å²) < 4.78 is 44.0. The highest BCUT2D eigenvalue weighted by molar-refractivity contribution is 4.46. The Morgan fingerprint density at radius 3 is 0.703 bits per heavy atom. The lowest BCUT2D eigenvalue weighted by atomic mass is 10.1. The molecule has 37 heavy (non-hydrogen) atoms. The Morgan fingerprint density at radius 1 is 0.216 bits per heavy atom. The first-order valence-electron chi connectivity index (χ1n) is 15.0. The van der Waals surface area contributed by atoms with Gasteiger partial charge in [0.05, 0.1) is 92.5 Å². The fraction of sp³-hybridized carbons (Fsp3) is 1.00. The van der Waals surface area contributed by atoms with Gasteiger partial charge in [0.25, 0.3) is 0 Å². The third-order valence-electron chi connectivity index (χ3n) is 5.64. The average molecular weight is 537 g/mol. The lowest BCUT2D eigenvalue weighted by Gasteiger charge is -2.08. The van der Waals surface area contributed by atoms with Crippen LogP contribution in [-0.2, 0) is 37.9 Å². The summed E-state index contributed by atoms with van der Waals surface area (Å²) in [6.45, 7) is 14.3. The Bertz CT molecular complexity index is 353. The maximum Gasteiger partial charge on any atom is 0.0701 e. The van der Waals surface area contributed by atoms with E-state index in [0.29, 0.717) is 92.5 Å². The van der Waals surface area contributed by atoms with Crippen LogP contribution in [0.5, 0.6) is 0 Å². The Labute approximate surface area is 228 Å². The van der Waals surface area contributed by atoms with Crippen LogP contribution in [-0.4, -0.2) is 106 Å². The molecule has 0 amide bonds. The zero-order chi connectivity index (χ0) is 26.7. The van der Waals surface area contributed by atoms with E-state index in [4.69, 9.17) is 37.9 Å². The van der Waals surface area contributed by atoms with Crippen LogP contribution in [0.4, 0.5) is 0 Å². The van der Waals surface area contributed by atoms with Gasteiger partial charge >= 0.3 is 0 Å². The smallest absolute Gasteiger partial charge is 0.0701 e. The second-order valence-corrected chi connectivity index (χ2v) is 9.08. The Balaban J connectivity index is 3.00. The molecule has 0 aliphatic heterocycles. The van der Waals surface area contributed by atoms with E-state index in [-0.39, 0.29) is 0 Å². The van der Waals surface area contributed by atoms with E-state index in [2.05, 4.69) is 13.8 Å². The molecule has 0 bridgehead atoms. The van der Waals surface area contributed by atoms with Gasteiger partial charge in [0, 0.05) is 13.2 Å². The van der Waals surface area contributed by atoms with Crippen molar-refractivity contribution < 1.29 is 37.9 Å². The van der Waals surface area contributed by atoms with Crippen molar-refractivity contribution in [2.45, 2.75) is 84.5 Å². The molecular weight excluding hydrogens is 476 g/mol. The maximum absolute atomic E-state index is 5.61. The van der Waals surface area contributed by atoms with Crippen molar-refractivity contribution in [2.75, 3.05) is 106 Å². The quantitative estimate of drug-likeness (QED) is 0.101. The summed E-state index contributed by atoms with van der Waals surface area (Å²) in [6.07, 6.45) is 14.2. The van der Waals surface area contributed by atoms with Gasteiger partial charge < -0.3 is 37.9 Å². The van der Waals surface area contributed by atoms with Crippen molar-refractivity contribution in [2.24, 2.45) is 0 Å². The van der Waals surface area contributed by atoms with Crippen LogP contribution in [0.2, 0.25) is 0 Å². The molecule has 0 rings (SSSR count). The molecule has 0 unspecified atom stereocenters. The fourth-order valence-corrected chi connectivity index (χ4v) is 3.43. The van der Waals surface area contributed by atoms with Gasteiger partial charge in [0.2, 0.25) is 0 Å². The molecule has 8 heteroatoms. The first-order valence-corrected chi connectivity index (χ1v) is 15.0. The van der Waals surface area contributed by atoms with Crippen LogP contribution in [0.25, 0.3) is 0 Å². The molecule has 0 aromatic carbocycles. The summed E-state index contributed by atoms with van der Waals surface area (Å²) in [4.78, 5) is 0. The highest BCUT2D eigenvalue weighted by Gasteiger charge is 1.96. The third kappa shape index (κ3) is 35.7. The zero-order valence-corrected chi connectivity index (χ0v) is 24.4. The minimum Gasteiger partial charge on any atom is -0.379 e. The first kappa shape index (κ1) is 36.7. The lowest BCUT2D eigenvalue weighted by Crippen LogP contribution is -2.15. The molecule has 0 radical (unpaired) electrons. The summed E-state index contributed by atoms with van der Waals surface area (Å²) >= 11 is 0. The molecule has 0 spiro atoms. The first-order chi connectivity index (χ1) is 18.4. The van der Waals surface area contributed by atoms with Crippen LogP contribution in [0.3, 0.4) is 0 Å². The van der Waals surface area contributed by atoms with Crippen molar-refractivity contribution in [3.63, 3.8) is 0 Å². The summed E-state index contributed by atoms with van der Waals surface area (Å²) in [7, 11) is 0. The third-order valence-corrected chi connectivity index (χ3v) is 5.64. The maximum atomic E-state index is 5.61.